The fourth-order valence-corrected chi connectivity index (χ4v) is 1.08. The Morgan fingerprint density at radius 1 is 1.16 bits per heavy atom. The summed E-state index contributed by atoms with van der Waals surface area (Å²) in [5, 5.41) is 11.2. The third kappa shape index (κ3) is 14.2. The van der Waals surface area contributed by atoms with E-state index in [1.807, 2.05) is 20.8 Å². The molecule has 0 spiro atoms. The van der Waals surface area contributed by atoms with Crippen molar-refractivity contribution in [2.45, 2.75) is 32.4 Å². The molecule has 0 aliphatic heterocycles. The van der Waals surface area contributed by atoms with Gasteiger partial charge >= 0.3 is 0 Å². The number of aliphatic hydroxyl groups is 1. The van der Waals surface area contributed by atoms with Crippen LogP contribution in [-0.4, -0.2) is 62.8 Å². The van der Waals surface area contributed by atoms with Gasteiger partial charge in [0, 0.05) is 6.04 Å². The van der Waals surface area contributed by atoms with Crippen molar-refractivity contribution in [1.82, 2.24) is 5.32 Å². The van der Waals surface area contributed by atoms with Gasteiger partial charge in [0.15, 0.2) is 0 Å². The molecule has 6 nitrogen and oxygen atoms in total. The van der Waals surface area contributed by atoms with Crippen LogP contribution in [0.4, 0.5) is 0 Å². The standard InChI is InChI=1S/C12H24NO5.Fm/c1-12(2,3)18-7-6-16-4-5-17-9-11(8-14)13-10-15;/h11,14H,4-9H2,1-3H3,(H,13,15);/q-1;. The van der Waals surface area contributed by atoms with Gasteiger partial charge in [-0.15, -0.1) is 0 Å². The van der Waals surface area contributed by atoms with Crippen LogP contribution in [0.2, 0.25) is 0 Å². The fourth-order valence-electron chi connectivity index (χ4n) is 1.08. The van der Waals surface area contributed by atoms with Gasteiger partial charge in [0.1, 0.15) is 0 Å². The zero-order valence-corrected chi connectivity index (χ0v) is 14.1. The summed E-state index contributed by atoms with van der Waals surface area (Å²) >= 11 is 0. The van der Waals surface area contributed by atoms with Gasteiger partial charge in [0.2, 0.25) is 0 Å². The average Bonchev–Trinajstić information content (AvgIpc) is 2.29. The predicted molar refractivity (Wildman–Crippen MR) is 67.0 cm³/mol. The zero-order chi connectivity index (χ0) is 13.9. The van der Waals surface area contributed by atoms with Crippen LogP contribution in [-0.2, 0) is 19.0 Å². The first-order valence-corrected chi connectivity index (χ1v) is 6.02. The summed E-state index contributed by atoms with van der Waals surface area (Å²) < 4.78 is 16.0. The second-order valence-electron chi connectivity index (χ2n) is 4.77. The number of hydrogen-bond acceptors (Lipinski definition) is 5. The molecule has 0 aliphatic rings. The Morgan fingerprint density at radius 3 is 2.26 bits per heavy atom. The fraction of sp³-hybridized carbons (Fsp3) is 0.917. The first-order chi connectivity index (χ1) is 8.49. The molecule has 0 bridgehead atoms. The van der Waals surface area contributed by atoms with E-state index in [2.05, 4.69) is 5.32 Å². The molecule has 0 aromatic carbocycles. The van der Waals surface area contributed by atoms with Gasteiger partial charge in [-0.25, -0.2) is 0 Å². The van der Waals surface area contributed by atoms with Gasteiger partial charge in [-0.05, 0) is 20.8 Å². The van der Waals surface area contributed by atoms with Gasteiger partial charge in [-0.3, -0.25) is 0 Å². The van der Waals surface area contributed by atoms with Gasteiger partial charge < -0.3 is 29.4 Å². The number of hydrogen-bond donors (Lipinski definition) is 2. The minimum absolute atomic E-state index is 0. The summed E-state index contributed by atoms with van der Waals surface area (Å²) in [5.74, 6) is 0. The molecule has 120 valence electrons. The van der Waals surface area contributed by atoms with Gasteiger partial charge in [0.05, 0.1) is 45.2 Å². The molecule has 0 aliphatic carbocycles. The SMILES string of the molecule is CC(C)(C)OCCOCCOCC(CO)N[C-]=O.[Fm]. The average molecular weight is 519 g/mol. The van der Waals surface area contributed by atoms with Crippen molar-refractivity contribution in [1.29, 1.82) is 0 Å². The molecule has 19 heavy (non-hydrogen) atoms. The molecule has 0 aromatic heterocycles. The van der Waals surface area contributed by atoms with Crippen LogP contribution in [0.15, 0.2) is 0 Å². The summed E-state index contributed by atoms with van der Waals surface area (Å²) in [7, 11) is 0. The van der Waals surface area contributed by atoms with Crippen molar-refractivity contribution in [2.24, 2.45) is 0 Å². The van der Waals surface area contributed by atoms with E-state index in [1.165, 1.54) is 6.41 Å². The molecule has 2 N–H and O–H groups in total. The number of nitrogens with one attached hydrogen (secondary N) is 1. The van der Waals surface area contributed by atoms with E-state index in [9.17, 15) is 4.79 Å². The van der Waals surface area contributed by atoms with E-state index < -0.39 is 6.04 Å². The van der Waals surface area contributed by atoms with Crippen LogP contribution >= 0.6 is 0 Å². The van der Waals surface area contributed by atoms with Gasteiger partial charge in [-0.1, -0.05) is 0 Å². The molecule has 0 rings (SSSR count). The second-order valence-corrected chi connectivity index (χ2v) is 4.77. The third-order valence-electron chi connectivity index (χ3n) is 1.94. The summed E-state index contributed by atoms with van der Waals surface area (Å²) in [5.41, 5.74) is -0.148. The molecule has 1 unspecified atom stereocenters. The number of ether oxygens (including phenoxy) is 3. The van der Waals surface area contributed by atoms with E-state index >= 15 is 0 Å². The van der Waals surface area contributed by atoms with Crippen molar-refractivity contribution in [3.05, 3.63) is 0 Å². The van der Waals surface area contributed by atoms with Crippen LogP contribution in [0.3, 0.4) is 0 Å². The Morgan fingerprint density at radius 2 is 1.74 bits per heavy atom. The quantitative estimate of drug-likeness (QED) is 0.226. The van der Waals surface area contributed by atoms with Gasteiger partial charge in [-0.2, -0.15) is 6.41 Å². The maximum Gasteiger partial charge on any atom is 0.0707 e. The maximum atomic E-state index is 10.0. The monoisotopic (exact) mass is 519 g/mol. The number of carbonyl (C=O) groups excluding carboxylic acids is 1. The molecule has 0 saturated carbocycles. The Kier molecular flexibility index (Phi) is 11.8. The Balaban J connectivity index is 0. The molecule has 0 aromatic rings. The number of rotatable bonds is 11. The molecule has 0 saturated heterocycles. The summed E-state index contributed by atoms with van der Waals surface area (Å²) in [4.78, 5) is 10.0. The van der Waals surface area contributed by atoms with Crippen molar-refractivity contribution in [2.75, 3.05) is 39.6 Å². The molecule has 1 amide bonds. The Bertz CT molecular complexity index is 211. The topological polar surface area (TPSA) is 77.0 Å². The van der Waals surface area contributed by atoms with Crippen LogP contribution in [0.25, 0.3) is 0 Å². The molecule has 0 radical (unpaired) electrons. The van der Waals surface area contributed by atoms with E-state index in [0.717, 1.165) is 0 Å². The smallest absolute Gasteiger partial charge is 0.0707 e. The van der Waals surface area contributed by atoms with Crippen molar-refractivity contribution in [3.8, 4) is 0 Å². The van der Waals surface area contributed by atoms with Crippen molar-refractivity contribution < 1.29 is 24.1 Å². The Labute approximate surface area is 109 Å². The number of amides is 1. The van der Waals surface area contributed by atoms with Crippen LogP contribution in [0.5, 0.6) is 0 Å². The van der Waals surface area contributed by atoms with Crippen molar-refractivity contribution >= 4 is 6.41 Å². The summed E-state index contributed by atoms with van der Waals surface area (Å²) in [6.45, 7) is 7.97. The van der Waals surface area contributed by atoms with Gasteiger partial charge in [0.25, 0.3) is 0 Å². The van der Waals surface area contributed by atoms with Crippen LogP contribution in [0, 0.1) is 0 Å². The minimum atomic E-state index is -0.410. The van der Waals surface area contributed by atoms with Crippen LogP contribution < -0.4 is 5.32 Å². The third-order valence-corrected chi connectivity index (χ3v) is 1.94. The first-order valence-electron chi connectivity index (χ1n) is 6.02. The van der Waals surface area contributed by atoms with E-state index in [1.54, 1.807) is 0 Å². The number of aliphatic hydroxyl groups excluding tert-OH is 1. The molecule has 0 fully saturated rings. The van der Waals surface area contributed by atoms with E-state index in [-0.39, 0.29) is 18.8 Å². The summed E-state index contributed by atoms with van der Waals surface area (Å²) in [6, 6.07) is -0.410. The van der Waals surface area contributed by atoms with E-state index in [4.69, 9.17) is 19.3 Å². The molecule has 7 heteroatoms. The zero-order valence-electron chi connectivity index (χ0n) is 11.7. The predicted octanol–water partition coefficient (Wildman–Crippen LogP) is -0.148. The van der Waals surface area contributed by atoms with E-state index in [0.29, 0.717) is 26.4 Å². The van der Waals surface area contributed by atoms with Crippen molar-refractivity contribution in [3.63, 3.8) is 0 Å². The van der Waals surface area contributed by atoms with Crippen LogP contribution in [0.1, 0.15) is 20.8 Å². The molecular formula is C12H24FmNO5-. The second kappa shape index (κ2) is 11.4. The first kappa shape index (κ1) is 19.6. The Hall–Kier alpha value is -1.69. The maximum absolute atomic E-state index is 10.0. The summed E-state index contributed by atoms with van der Waals surface area (Å²) in [6.07, 6.45) is 1.51. The molecular weight excluding hydrogens is 495 g/mol. The molecule has 1 atom stereocenters. The molecule has 0 heterocycles. The normalized spacial score (nSPS) is 12.6. The largest absolute Gasteiger partial charge is 0.524 e. The minimum Gasteiger partial charge on any atom is -0.524 e.